The summed E-state index contributed by atoms with van der Waals surface area (Å²) in [4.78, 5) is 16.1. The van der Waals surface area contributed by atoms with E-state index in [1.807, 2.05) is 17.5 Å². The van der Waals surface area contributed by atoms with Crippen LogP contribution < -0.4 is 0 Å². The third-order valence-corrected chi connectivity index (χ3v) is 2.68. The van der Waals surface area contributed by atoms with Crippen molar-refractivity contribution in [1.82, 2.24) is 15.2 Å². The van der Waals surface area contributed by atoms with Crippen molar-refractivity contribution < 1.29 is 9.53 Å². The lowest BCUT2D eigenvalue weighted by molar-refractivity contribution is -0.139. The van der Waals surface area contributed by atoms with Gasteiger partial charge < -0.3 is 4.74 Å². The van der Waals surface area contributed by atoms with Gasteiger partial charge in [-0.05, 0) is 11.4 Å². The van der Waals surface area contributed by atoms with E-state index >= 15 is 0 Å². The van der Waals surface area contributed by atoms with Crippen molar-refractivity contribution in [3.05, 3.63) is 23.3 Å². The highest BCUT2D eigenvalue weighted by molar-refractivity contribution is 7.13. The predicted octanol–water partition coefficient (Wildman–Crippen LogP) is 1.25. The van der Waals surface area contributed by atoms with Crippen LogP contribution in [0.1, 0.15) is 5.82 Å². The first kappa shape index (κ1) is 9.85. The summed E-state index contributed by atoms with van der Waals surface area (Å²) in [6.07, 6.45) is 0.120. The summed E-state index contributed by atoms with van der Waals surface area (Å²) < 4.78 is 4.53. The van der Waals surface area contributed by atoms with Crippen LogP contribution >= 0.6 is 11.3 Å². The summed E-state index contributed by atoms with van der Waals surface area (Å²) in [5, 5.41) is 8.67. The largest absolute Gasteiger partial charge is 0.469 e. The molecule has 1 N–H and O–H groups in total. The zero-order chi connectivity index (χ0) is 10.7. The molecule has 0 aliphatic heterocycles. The van der Waals surface area contributed by atoms with Gasteiger partial charge in [-0.3, -0.25) is 9.89 Å². The third kappa shape index (κ3) is 2.21. The van der Waals surface area contributed by atoms with E-state index in [1.54, 1.807) is 11.3 Å². The molecule has 5 nitrogen and oxygen atoms in total. The fourth-order valence-electron chi connectivity index (χ4n) is 1.10. The van der Waals surface area contributed by atoms with Crippen LogP contribution in [0.5, 0.6) is 0 Å². The number of H-pyrrole nitrogens is 1. The second-order valence-corrected chi connectivity index (χ2v) is 3.78. The fourth-order valence-corrected chi connectivity index (χ4v) is 1.76. The zero-order valence-electron chi connectivity index (χ0n) is 8.06. The minimum Gasteiger partial charge on any atom is -0.469 e. The molecular formula is C9H9N3O2S. The molecule has 0 fully saturated rings. The topological polar surface area (TPSA) is 67.9 Å². The highest BCUT2D eigenvalue weighted by Crippen LogP contribution is 2.20. The molecule has 78 valence electrons. The van der Waals surface area contributed by atoms with E-state index in [0.29, 0.717) is 11.6 Å². The fraction of sp³-hybridized carbons (Fsp3) is 0.222. The Hall–Kier alpha value is -1.69. The van der Waals surface area contributed by atoms with Crippen LogP contribution in [0.3, 0.4) is 0 Å². The maximum atomic E-state index is 11.0. The van der Waals surface area contributed by atoms with Gasteiger partial charge in [0.05, 0.1) is 12.0 Å². The Morgan fingerprint density at radius 1 is 1.67 bits per heavy atom. The number of aromatic nitrogens is 3. The molecule has 0 spiro atoms. The van der Waals surface area contributed by atoms with Gasteiger partial charge in [0.15, 0.2) is 5.82 Å². The minimum atomic E-state index is -0.330. The number of aromatic amines is 1. The van der Waals surface area contributed by atoms with E-state index < -0.39 is 0 Å². The number of hydrogen-bond acceptors (Lipinski definition) is 5. The lowest BCUT2D eigenvalue weighted by atomic mass is 10.4. The normalized spacial score (nSPS) is 10.2. The van der Waals surface area contributed by atoms with Crippen molar-refractivity contribution in [1.29, 1.82) is 0 Å². The van der Waals surface area contributed by atoms with Crippen LogP contribution in [0.15, 0.2) is 17.5 Å². The van der Waals surface area contributed by atoms with Crippen LogP contribution in [0.4, 0.5) is 0 Å². The molecule has 0 amide bonds. The molecule has 0 aromatic carbocycles. The first-order chi connectivity index (χ1) is 7.29. The van der Waals surface area contributed by atoms with E-state index in [-0.39, 0.29) is 12.4 Å². The Balaban J connectivity index is 2.14. The van der Waals surface area contributed by atoms with Crippen molar-refractivity contribution in [2.45, 2.75) is 6.42 Å². The number of carbonyl (C=O) groups excluding carboxylic acids is 1. The van der Waals surface area contributed by atoms with Gasteiger partial charge in [0, 0.05) is 0 Å². The molecule has 2 aromatic heterocycles. The average Bonchev–Trinajstić information content (AvgIpc) is 2.85. The van der Waals surface area contributed by atoms with Gasteiger partial charge in [0.2, 0.25) is 0 Å². The lowest BCUT2D eigenvalue weighted by Crippen LogP contribution is -2.05. The summed E-state index contributed by atoms with van der Waals surface area (Å²) >= 11 is 1.55. The van der Waals surface area contributed by atoms with E-state index in [2.05, 4.69) is 19.9 Å². The molecule has 15 heavy (non-hydrogen) atoms. The number of nitrogens with one attached hydrogen (secondary N) is 1. The van der Waals surface area contributed by atoms with E-state index in [0.717, 1.165) is 4.88 Å². The summed E-state index contributed by atoms with van der Waals surface area (Å²) in [6, 6.07) is 3.85. The number of methoxy groups -OCH3 is 1. The summed E-state index contributed by atoms with van der Waals surface area (Å²) in [7, 11) is 1.35. The van der Waals surface area contributed by atoms with Crippen molar-refractivity contribution in [2.24, 2.45) is 0 Å². The molecule has 6 heteroatoms. The standard InChI is InChI=1S/C9H9N3O2S/c1-14-8(13)5-7-10-9(12-11-7)6-3-2-4-15-6/h2-4H,5H2,1H3,(H,10,11,12). The molecule has 0 unspecified atom stereocenters. The second kappa shape index (κ2) is 4.22. The Kier molecular flexibility index (Phi) is 2.77. The summed E-state index contributed by atoms with van der Waals surface area (Å²) in [6.45, 7) is 0. The first-order valence-electron chi connectivity index (χ1n) is 4.31. The molecule has 0 radical (unpaired) electrons. The average molecular weight is 223 g/mol. The lowest BCUT2D eigenvalue weighted by Gasteiger charge is -1.92. The molecular weight excluding hydrogens is 214 g/mol. The van der Waals surface area contributed by atoms with E-state index in [9.17, 15) is 4.79 Å². The number of nitrogens with zero attached hydrogens (tertiary/aromatic N) is 2. The number of rotatable bonds is 3. The van der Waals surface area contributed by atoms with Gasteiger partial charge in [-0.25, -0.2) is 4.98 Å². The van der Waals surface area contributed by atoms with Crippen LogP contribution in [-0.4, -0.2) is 28.3 Å². The number of ether oxygens (including phenoxy) is 1. The van der Waals surface area contributed by atoms with E-state index in [4.69, 9.17) is 0 Å². The zero-order valence-corrected chi connectivity index (χ0v) is 8.87. The molecule has 2 rings (SSSR count). The Labute approximate surface area is 90.1 Å². The van der Waals surface area contributed by atoms with Crippen LogP contribution in [0.25, 0.3) is 10.7 Å². The summed E-state index contributed by atoms with van der Waals surface area (Å²) in [5.41, 5.74) is 0. The minimum absolute atomic E-state index is 0.120. The first-order valence-corrected chi connectivity index (χ1v) is 5.19. The van der Waals surface area contributed by atoms with E-state index in [1.165, 1.54) is 7.11 Å². The molecule has 0 aliphatic rings. The number of carbonyl (C=O) groups is 1. The van der Waals surface area contributed by atoms with Crippen molar-refractivity contribution in [3.8, 4) is 10.7 Å². The van der Waals surface area contributed by atoms with Gasteiger partial charge in [0.1, 0.15) is 12.2 Å². The van der Waals surface area contributed by atoms with Gasteiger partial charge in [0.25, 0.3) is 0 Å². The smallest absolute Gasteiger partial charge is 0.313 e. The highest BCUT2D eigenvalue weighted by atomic mass is 32.1. The van der Waals surface area contributed by atoms with Crippen LogP contribution in [0.2, 0.25) is 0 Å². The van der Waals surface area contributed by atoms with Gasteiger partial charge >= 0.3 is 5.97 Å². The Morgan fingerprint density at radius 3 is 3.20 bits per heavy atom. The SMILES string of the molecule is COC(=O)Cc1nc(-c2cccs2)n[nH]1. The second-order valence-electron chi connectivity index (χ2n) is 2.84. The van der Waals surface area contributed by atoms with Gasteiger partial charge in [-0.15, -0.1) is 11.3 Å². The number of esters is 1. The van der Waals surface area contributed by atoms with Crippen molar-refractivity contribution in [3.63, 3.8) is 0 Å². The Morgan fingerprint density at radius 2 is 2.53 bits per heavy atom. The molecule has 2 aromatic rings. The highest BCUT2D eigenvalue weighted by Gasteiger charge is 2.09. The molecule has 0 saturated carbocycles. The number of hydrogen-bond donors (Lipinski definition) is 1. The van der Waals surface area contributed by atoms with Crippen molar-refractivity contribution in [2.75, 3.05) is 7.11 Å². The molecule has 0 atom stereocenters. The van der Waals surface area contributed by atoms with Gasteiger partial charge in [-0.2, -0.15) is 5.10 Å². The van der Waals surface area contributed by atoms with Crippen molar-refractivity contribution >= 4 is 17.3 Å². The molecule has 0 bridgehead atoms. The predicted molar refractivity (Wildman–Crippen MR) is 55.4 cm³/mol. The maximum absolute atomic E-state index is 11.0. The van der Waals surface area contributed by atoms with Gasteiger partial charge in [-0.1, -0.05) is 6.07 Å². The van der Waals surface area contributed by atoms with Crippen LogP contribution in [0, 0.1) is 0 Å². The number of thiophene rings is 1. The molecule has 0 aliphatic carbocycles. The third-order valence-electron chi connectivity index (χ3n) is 1.81. The van der Waals surface area contributed by atoms with Crippen LogP contribution in [-0.2, 0) is 16.0 Å². The summed E-state index contributed by atoms with van der Waals surface area (Å²) in [5.74, 6) is 0.804. The molecule has 2 heterocycles. The Bertz CT molecular complexity index is 450. The quantitative estimate of drug-likeness (QED) is 0.795. The monoisotopic (exact) mass is 223 g/mol. The molecule has 0 saturated heterocycles. The maximum Gasteiger partial charge on any atom is 0.313 e.